The number of amides is 5. The van der Waals surface area contributed by atoms with Gasteiger partial charge in [-0.15, -0.1) is 0 Å². The Balaban J connectivity index is 1.49. The molecule has 1 aromatic rings. The van der Waals surface area contributed by atoms with Gasteiger partial charge in [-0.2, -0.15) is 0 Å². The first-order chi connectivity index (χ1) is 14.3. The molecule has 2 aliphatic rings. The van der Waals surface area contributed by atoms with E-state index in [1.54, 1.807) is 0 Å². The standard InChI is InChI=1S/C20H22FN3O6/c1-11(24-17(26)12-6-2-3-7-13(12)18(24)27)19(28)30-10-16(25)23-20(29)22-15-9-5-4-8-14(15)21/h4-5,8-9,11-13H,2-3,6-7,10H2,1H3,(H2,22,23,25,29)/t11-,12-,13+/m0/s1. The average Bonchev–Trinajstić information content (AvgIpc) is 2.98. The molecular formula is C20H22FN3O6. The maximum absolute atomic E-state index is 13.5. The summed E-state index contributed by atoms with van der Waals surface area (Å²) in [4.78, 5) is 61.8. The molecule has 3 atom stereocenters. The lowest BCUT2D eigenvalue weighted by Gasteiger charge is -2.21. The van der Waals surface area contributed by atoms with E-state index in [2.05, 4.69) is 5.32 Å². The van der Waals surface area contributed by atoms with Crippen LogP contribution >= 0.6 is 0 Å². The number of ether oxygens (including phenoxy) is 1. The number of esters is 1. The molecule has 1 saturated heterocycles. The number of fused-ring (bicyclic) bond motifs is 1. The topological polar surface area (TPSA) is 122 Å². The number of halogens is 1. The van der Waals surface area contributed by atoms with Crippen LogP contribution < -0.4 is 10.6 Å². The molecule has 0 unspecified atom stereocenters. The fourth-order valence-electron chi connectivity index (χ4n) is 3.81. The van der Waals surface area contributed by atoms with Gasteiger partial charge in [0.25, 0.3) is 5.91 Å². The summed E-state index contributed by atoms with van der Waals surface area (Å²) in [5.74, 6) is -4.12. The molecule has 1 heterocycles. The molecule has 0 aromatic heterocycles. The van der Waals surface area contributed by atoms with Gasteiger partial charge in [-0.05, 0) is 31.9 Å². The first-order valence-electron chi connectivity index (χ1n) is 9.68. The molecule has 0 radical (unpaired) electrons. The Kier molecular flexibility index (Phi) is 6.43. The molecule has 3 rings (SSSR count). The third-order valence-corrected chi connectivity index (χ3v) is 5.32. The van der Waals surface area contributed by atoms with Gasteiger partial charge < -0.3 is 10.1 Å². The molecule has 2 fully saturated rings. The first kappa shape index (κ1) is 21.4. The Labute approximate surface area is 171 Å². The summed E-state index contributed by atoms with van der Waals surface area (Å²) < 4.78 is 18.3. The van der Waals surface area contributed by atoms with Gasteiger partial charge in [-0.25, -0.2) is 14.0 Å². The Hall–Kier alpha value is -3.30. The molecule has 2 N–H and O–H groups in total. The molecule has 10 heteroatoms. The zero-order valence-electron chi connectivity index (χ0n) is 16.4. The van der Waals surface area contributed by atoms with E-state index in [4.69, 9.17) is 4.74 Å². The van der Waals surface area contributed by atoms with Crippen LogP contribution in [0, 0.1) is 17.7 Å². The van der Waals surface area contributed by atoms with Crippen LogP contribution in [-0.2, 0) is 23.9 Å². The van der Waals surface area contributed by atoms with Gasteiger partial charge in [0.15, 0.2) is 6.61 Å². The number of para-hydroxylation sites is 1. The predicted octanol–water partition coefficient (Wildman–Crippen LogP) is 1.58. The minimum atomic E-state index is -1.17. The Morgan fingerprint density at radius 3 is 2.33 bits per heavy atom. The minimum Gasteiger partial charge on any atom is -0.454 e. The lowest BCUT2D eigenvalue weighted by atomic mass is 9.81. The second kappa shape index (κ2) is 9.02. The van der Waals surface area contributed by atoms with Gasteiger partial charge in [-0.1, -0.05) is 25.0 Å². The first-order valence-corrected chi connectivity index (χ1v) is 9.68. The fraction of sp³-hybridized carbons (Fsp3) is 0.450. The molecule has 30 heavy (non-hydrogen) atoms. The highest BCUT2D eigenvalue weighted by Crippen LogP contribution is 2.38. The van der Waals surface area contributed by atoms with Crippen molar-refractivity contribution in [2.45, 2.75) is 38.6 Å². The second-order valence-electron chi connectivity index (χ2n) is 7.31. The van der Waals surface area contributed by atoms with Crippen LogP contribution in [0.5, 0.6) is 0 Å². The highest BCUT2D eigenvalue weighted by molar-refractivity contribution is 6.08. The van der Waals surface area contributed by atoms with E-state index in [1.165, 1.54) is 25.1 Å². The highest BCUT2D eigenvalue weighted by Gasteiger charge is 2.51. The van der Waals surface area contributed by atoms with Crippen molar-refractivity contribution in [2.75, 3.05) is 11.9 Å². The third kappa shape index (κ3) is 4.47. The van der Waals surface area contributed by atoms with Crippen LogP contribution in [0.4, 0.5) is 14.9 Å². The minimum absolute atomic E-state index is 0.124. The number of hydrogen-bond donors (Lipinski definition) is 2. The second-order valence-corrected chi connectivity index (χ2v) is 7.31. The van der Waals surface area contributed by atoms with Gasteiger partial charge in [-0.3, -0.25) is 24.6 Å². The molecule has 1 aromatic carbocycles. The monoisotopic (exact) mass is 419 g/mol. The lowest BCUT2D eigenvalue weighted by molar-refractivity contribution is -0.159. The van der Waals surface area contributed by atoms with Crippen LogP contribution in [-0.4, -0.2) is 47.3 Å². The molecule has 1 aliphatic carbocycles. The number of anilines is 1. The molecule has 5 amide bonds. The molecule has 0 bridgehead atoms. The maximum atomic E-state index is 13.5. The number of carbonyl (C=O) groups excluding carboxylic acids is 5. The van der Waals surface area contributed by atoms with Crippen LogP contribution in [0.2, 0.25) is 0 Å². The van der Waals surface area contributed by atoms with Crippen molar-refractivity contribution < 1.29 is 33.1 Å². The van der Waals surface area contributed by atoms with Crippen molar-refractivity contribution in [3.05, 3.63) is 30.1 Å². The van der Waals surface area contributed by atoms with Crippen LogP contribution in [0.1, 0.15) is 32.6 Å². The van der Waals surface area contributed by atoms with Crippen LogP contribution in [0.3, 0.4) is 0 Å². The van der Waals surface area contributed by atoms with E-state index >= 15 is 0 Å². The normalized spacial score (nSPS) is 21.6. The summed E-state index contributed by atoms with van der Waals surface area (Å²) in [5.41, 5.74) is -0.124. The summed E-state index contributed by atoms with van der Waals surface area (Å²) in [6.45, 7) is 0.565. The van der Waals surface area contributed by atoms with Crippen molar-refractivity contribution >= 4 is 35.4 Å². The van der Waals surface area contributed by atoms with Crippen molar-refractivity contribution in [3.8, 4) is 0 Å². The average molecular weight is 419 g/mol. The third-order valence-electron chi connectivity index (χ3n) is 5.32. The molecule has 1 aliphatic heterocycles. The number of rotatable bonds is 5. The highest BCUT2D eigenvalue weighted by atomic mass is 19.1. The maximum Gasteiger partial charge on any atom is 0.329 e. The summed E-state index contributed by atoms with van der Waals surface area (Å²) in [6.07, 6.45) is 2.96. The van der Waals surface area contributed by atoms with E-state index in [9.17, 15) is 28.4 Å². The van der Waals surface area contributed by atoms with E-state index in [1.807, 2.05) is 5.32 Å². The number of urea groups is 1. The molecule has 1 saturated carbocycles. The zero-order valence-corrected chi connectivity index (χ0v) is 16.4. The van der Waals surface area contributed by atoms with E-state index in [-0.39, 0.29) is 17.5 Å². The van der Waals surface area contributed by atoms with E-state index in [0.29, 0.717) is 12.8 Å². The lowest BCUT2D eigenvalue weighted by Crippen LogP contribution is -2.45. The van der Waals surface area contributed by atoms with Crippen molar-refractivity contribution in [2.24, 2.45) is 11.8 Å². The number of likely N-dealkylation sites (tertiary alicyclic amines) is 1. The van der Waals surface area contributed by atoms with Crippen molar-refractivity contribution in [3.63, 3.8) is 0 Å². The summed E-state index contributed by atoms with van der Waals surface area (Å²) in [5, 5.41) is 4.05. The zero-order chi connectivity index (χ0) is 21.8. The summed E-state index contributed by atoms with van der Waals surface area (Å²) >= 11 is 0. The van der Waals surface area contributed by atoms with Crippen molar-refractivity contribution in [1.29, 1.82) is 0 Å². The van der Waals surface area contributed by atoms with Gasteiger partial charge in [0.2, 0.25) is 11.8 Å². The predicted molar refractivity (Wildman–Crippen MR) is 101 cm³/mol. The van der Waals surface area contributed by atoms with Crippen LogP contribution in [0.15, 0.2) is 24.3 Å². The molecule has 9 nitrogen and oxygen atoms in total. The molecular weight excluding hydrogens is 397 g/mol. The largest absolute Gasteiger partial charge is 0.454 e. The van der Waals surface area contributed by atoms with E-state index < -0.39 is 48.2 Å². The number of nitrogens with zero attached hydrogens (tertiary/aromatic N) is 1. The van der Waals surface area contributed by atoms with Gasteiger partial charge >= 0.3 is 12.0 Å². The summed E-state index contributed by atoms with van der Waals surface area (Å²) in [6, 6.07) is 3.22. The molecule has 0 spiro atoms. The number of carbonyl (C=O) groups is 5. The quantitative estimate of drug-likeness (QED) is 0.552. The SMILES string of the molecule is C[C@@H](C(=O)OCC(=O)NC(=O)Nc1ccccc1F)N1C(=O)[C@H]2CCCC[C@H]2C1=O. The summed E-state index contributed by atoms with van der Waals surface area (Å²) in [7, 11) is 0. The smallest absolute Gasteiger partial charge is 0.329 e. The number of benzene rings is 1. The molecule has 160 valence electrons. The van der Waals surface area contributed by atoms with Crippen molar-refractivity contribution in [1.82, 2.24) is 10.2 Å². The number of hydrogen-bond acceptors (Lipinski definition) is 6. The van der Waals surface area contributed by atoms with Gasteiger partial charge in [0.1, 0.15) is 11.9 Å². The van der Waals surface area contributed by atoms with Gasteiger partial charge in [0.05, 0.1) is 17.5 Å². The number of imide groups is 2. The Morgan fingerprint density at radius 1 is 1.13 bits per heavy atom. The Bertz CT molecular complexity index is 865. The van der Waals surface area contributed by atoms with Crippen LogP contribution in [0.25, 0.3) is 0 Å². The van der Waals surface area contributed by atoms with E-state index in [0.717, 1.165) is 23.8 Å². The fourth-order valence-corrected chi connectivity index (χ4v) is 3.81. The van der Waals surface area contributed by atoms with Gasteiger partial charge in [0, 0.05) is 0 Å². The Morgan fingerprint density at radius 2 is 1.73 bits per heavy atom. The number of nitrogens with one attached hydrogen (secondary N) is 2.